The van der Waals surface area contributed by atoms with E-state index in [-0.39, 0.29) is 0 Å². The van der Waals surface area contributed by atoms with Gasteiger partial charge < -0.3 is 15.2 Å². The van der Waals surface area contributed by atoms with Gasteiger partial charge in [0.2, 0.25) is 5.89 Å². The van der Waals surface area contributed by atoms with Crippen LogP contribution in [0.4, 0.5) is 0 Å². The molecule has 0 radical (unpaired) electrons. The summed E-state index contributed by atoms with van der Waals surface area (Å²) < 4.78 is 5.06. The van der Waals surface area contributed by atoms with Crippen molar-refractivity contribution in [3.05, 3.63) is 47.6 Å². The van der Waals surface area contributed by atoms with Crippen LogP contribution in [0.2, 0.25) is 0 Å². The molecule has 1 aromatic carbocycles. The van der Waals surface area contributed by atoms with Gasteiger partial charge in [0.05, 0.1) is 5.54 Å². The Morgan fingerprint density at radius 3 is 2.57 bits per heavy atom. The number of likely N-dealkylation sites (tertiary alicyclic amines) is 1. The minimum absolute atomic E-state index is 0.430. The van der Waals surface area contributed by atoms with Gasteiger partial charge in [-0.2, -0.15) is 4.98 Å². The van der Waals surface area contributed by atoms with Crippen molar-refractivity contribution in [2.75, 3.05) is 19.6 Å². The van der Waals surface area contributed by atoms with Crippen molar-refractivity contribution in [1.29, 1.82) is 0 Å². The Balaban J connectivity index is 1.53. The number of nitrogens with two attached hydrogens (primary N) is 1. The van der Waals surface area contributed by atoms with Crippen LogP contribution in [0.25, 0.3) is 0 Å². The number of rotatable bonds is 4. The molecule has 1 aromatic heterocycles. The summed E-state index contributed by atoms with van der Waals surface area (Å²) in [6, 6.07) is 10.6. The van der Waals surface area contributed by atoms with E-state index in [1.54, 1.807) is 6.92 Å². The van der Waals surface area contributed by atoms with Gasteiger partial charge in [-0.15, -0.1) is 0 Å². The molecule has 0 saturated carbocycles. The Bertz CT molecular complexity index is 573. The Labute approximate surface area is 125 Å². The number of piperidine rings is 1. The predicted octanol–water partition coefficient (Wildman–Crippen LogP) is 1.87. The lowest BCUT2D eigenvalue weighted by molar-refractivity contribution is 0.155. The molecule has 0 amide bonds. The van der Waals surface area contributed by atoms with E-state index in [0.717, 1.165) is 38.9 Å². The highest BCUT2D eigenvalue weighted by Gasteiger charge is 2.36. The molecule has 0 spiro atoms. The van der Waals surface area contributed by atoms with E-state index in [2.05, 4.69) is 45.4 Å². The van der Waals surface area contributed by atoms with Crippen LogP contribution in [0.5, 0.6) is 0 Å². The summed E-state index contributed by atoms with van der Waals surface area (Å²) in [5, 5.41) is 4.00. The van der Waals surface area contributed by atoms with Crippen LogP contribution in [0.3, 0.4) is 0 Å². The smallest absolute Gasteiger partial charge is 0.223 e. The first-order valence-corrected chi connectivity index (χ1v) is 7.52. The summed E-state index contributed by atoms with van der Waals surface area (Å²) in [4.78, 5) is 6.77. The summed E-state index contributed by atoms with van der Waals surface area (Å²) in [6.07, 6.45) is 2.83. The second kappa shape index (κ2) is 5.95. The Kier molecular flexibility index (Phi) is 4.03. The molecule has 2 aromatic rings. The Hall–Kier alpha value is -1.72. The molecule has 1 saturated heterocycles. The van der Waals surface area contributed by atoms with Crippen LogP contribution < -0.4 is 5.73 Å². The lowest BCUT2D eigenvalue weighted by atomic mass is 9.87. The average molecular weight is 286 g/mol. The minimum Gasteiger partial charge on any atom is -0.340 e. The third kappa shape index (κ3) is 3.31. The van der Waals surface area contributed by atoms with E-state index in [1.165, 1.54) is 5.56 Å². The Morgan fingerprint density at radius 2 is 1.95 bits per heavy atom. The molecular formula is C16H22N4O. The fourth-order valence-electron chi connectivity index (χ4n) is 2.83. The zero-order valence-corrected chi connectivity index (χ0v) is 12.5. The maximum Gasteiger partial charge on any atom is 0.223 e. The molecule has 112 valence electrons. The van der Waals surface area contributed by atoms with E-state index in [0.29, 0.717) is 11.7 Å². The molecular weight excluding hydrogens is 264 g/mol. The van der Waals surface area contributed by atoms with Gasteiger partial charge in [0, 0.05) is 26.6 Å². The first kappa shape index (κ1) is 14.2. The lowest BCUT2D eigenvalue weighted by Crippen LogP contribution is -2.49. The minimum atomic E-state index is -0.430. The van der Waals surface area contributed by atoms with E-state index in [4.69, 9.17) is 10.3 Å². The highest BCUT2D eigenvalue weighted by atomic mass is 16.5. The molecule has 5 heteroatoms. The van der Waals surface area contributed by atoms with Gasteiger partial charge in [0.15, 0.2) is 5.82 Å². The lowest BCUT2D eigenvalue weighted by Gasteiger charge is -2.37. The molecule has 2 heterocycles. The number of benzene rings is 1. The SMILES string of the molecule is Cc1nc(C2(N)CCN(CCc3ccccc3)CC2)no1. The van der Waals surface area contributed by atoms with Gasteiger partial charge in [0.1, 0.15) is 0 Å². The van der Waals surface area contributed by atoms with Gasteiger partial charge in [-0.1, -0.05) is 35.5 Å². The summed E-state index contributed by atoms with van der Waals surface area (Å²) in [5.74, 6) is 1.24. The molecule has 0 aliphatic carbocycles. The Morgan fingerprint density at radius 1 is 1.24 bits per heavy atom. The highest BCUT2D eigenvalue weighted by Crippen LogP contribution is 2.28. The molecule has 2 N–H and O–H groups in total. The summed E-state index contributed by atoms with van der Waals surface area (Å²) in [6.45, 7) is 4.84. The fourth-order valence-corrected chi connectivity index (χ4v) is 2.83. The van der Waals surface area contributed by atoms with Crippen LogP contribution in [0, 0.1) is 6.92 Å². The molecule has 0 atom stereocenters. The quantitative estimate of drug-likeness (QED) is 0.929. The predicted molar refractivity (Wildman–Crippen MR) is 80.7 cm³/mol. The van der Waals surface area contributed by atoms with Crippen molar-refractivity contribution < 1.29 is 4.52 Å². The number of hydrogen-bond acceptors (Lipinski definition) is 5. The van der Waals surface area contributed by atoms with Gasteiger partial charge >= 0.3 is 0 Å². The van der Waals surface area contributed by atoms with E-state index in [1.807, 2.05) is 0 Å². The third-order valence-electron chi connectivity index (χ3n) is 4.28. The van der Waals surface area contributed by atoms with Crippen LogP contribution in [-0.4, -0.2) is 34.7 Å². The summed E-state index contributed by atoms with van der Waals surface area (Å²) >= 11 is 0. The van der Waals surface area contributed by atoms with Gasteiger partial charge in [-0.3, -0.25) is 0 Å². The topological polar surface area (TPSA) is 68.2 Å². The van der Waals surface area contributed by atoms with Crippen molar-refractivity contribution in [1.82, 2.24) is 15.0 Å². The van der Waals surface area contributed by atoms with Crippen molar-refractivity contribution in [2.45, 2.75) is 31.7 Å². The maximum atomic E-state index is 6.45. The molecule has 0 bridgehead atoms. The average Bonchev–Trinajstić information content (AvgIpc) is 2.95. The van der Waals surface area contributed by atoms with Crippen molar-refractivity contribution in [3.8, 4) is 0 Å². The van der Waals surface area contributed by atoms with Crippen molar-refractivity contribution in [3.63, 3.8) is 0 Å². The first-order chi connectivity index (χ1) is 10.2. The molecule has 5 nitrogen and oxygen atoms in total. The highest BCUT2D eigenvalue weighted by molar-refractivity contribution is 5.15. The van der Waals surface area contributed by atoms with Crippen molar-refractivity contribution in [2.24, 2.45) is 5.73 Å². The van der Waals surface area contributed by atoms with E-state index < -0.39 is 5.54 Å². The molecule has 21 heavy (non-hydrogen) atoms. The van der Waals surface area contributed by atoms with Crippen LogP contribution in [0.15, 0.2) is 34.9 Å². The largest absolute Gasteiger partial charge is 0.340 e. The summed E-state index contributed by atoms with van der Waals surface area (Å²) in [5.41, 5.74) is 7.41. The monoisotopic (exact) mass is 286 g/mol. The standard InChI is InChI=1S/C16H22N4O/c1-13-18-15(19-21-13)16(17)8-11-20(12-9-16)10-7-14-5-3-2-4-6-14/h2-6H,7-12,17H2,1H3. The van der Waals surface area contributed by atoms with Gasteiger partial charge in [-0.25, -0.2) is 0 Å². The molecule has 1 fully saturated rings. The molecule has 0 unspecified atom stereocenters. The molecule has 3 rings (SSSR count). The molecule has 1 aliphatic rings. The fraction of sp³-hybridized carbons (Fsp3) is 0.500. The normalized spacial score (nSPS) is 18.8. The maximum absolute atomic E-state index is 6.45. The second-order valence-electron chi connectivity index (χ2n) is 5.87. The number of nitrogens with zero attached hydrogens (tertiary/aromatic N) is 3. The zero-order valence-electron chi connectivity index (χ0n) is 12.5. The zero-order chi connectivity index (χ0) is 14.7. The molecule has 1 aliphatic heterocycles. The summed E-state index contributed by atoms with van der Waals surface area (Å²) in [7, 11) is 0. The number of aromatic nitrogens is 2. The van der Waals surface area contributed by atoms with Crippen LogP contribution >= 0.6 is 0 Å². The van der Waals surface area contributed by atoms with Crippen LogP contribution in [0.1, 0.15) is 30.1 Å². The van der Waals surface area contributed by atoms with E-state index >= 15 is 0 Å². The number of hydrogen-bond donors (Lipinski definition) is 1. The van der Waals surface area contributed by atoms with Gasteiger partial charge in [-0.05, 0) is 24.8 Å². The van der Waals surface area contributed by atoms with E-state index in [9.17, 15) is 0 Å². The number of aryl methyl sites for hydroxylation is 1. The first-order valence-electron chi connectivity index (χ1n) is 7.52. The third-order valence-corrected chi connectivity index (χ3v) is 4.28. The second-order valence-corrected chi connectivity index (χ2v) is 5.87. The van der Waals surface area contributed by atoms with Crippen LogP contribution in [-0.2, 0) is 12.0 Å². The van der Waals surface area contributed by atoms with Crippen molar-refractivity contribution >= 4 is 0 Å². The van der Waals surface area contributed by atoms with Gasteiger partial charge in [0.25, 0.3) is 0 Å².